The summed E-state index contributed by atoms with van der Waals surface area (Å²) in [6, 6.07) is 12.1. The fraction of sp³-hybridized carbons (Fsp3) is 0.0526. The molecule has 3 aromatic rings. The molecule has 3 rings (SSSR count). The van der Waals surface area contributed by atoms with Crippen molar-refractivity contribution in [2.45, 2.75) is 6.18 Å². The standard InChI is InChI=1S/C19H11ClF4N2O2/c20-12-7-8-15(14(21)10-12)26-18(27)16-5-2-6-17(25-16)28-13-4-1-3-11(9-13)19(22,23)24/h1-10H,(H,26,27). The van der Waals surface area contributed by atoms with Crippen LogP contribution in [0.4, 0.5) is 23.2 Å². The topological polar surface area (TPSA) is 51.2 Å². The molecule has 1 N–H and O–H groups in total. The number of aromatic nitrogens is 1. The van der Waals surface area contributed by atoms with Gasteiger partial charge in [0.25, 0.3) is 5.91 Å². The Labute approximate surface area is 161 Å². The highest BCUT2D eigenvalue weighted by atomic mass is 35.5. The molecule has 0 aliphatic rings. The molecular formula is C19H11ClF4N2O2. The summed E-state index contributed by atoms with van der Waals surface area (Å²) >= 11 is 5.66. The molecule has 144 valence electrons. The van der Waals surface area contributed by atoms with Crippen LogP contribution in [-0.2, 0) is 6.18 Å². The van der Waals surface area contributed by atoms with Gasteiger partial charge in [0.15, 0.2) is 0 Å². The Morgan fingerprint density at radius 1 is 1.04 bits per heavy atom. The van der Waals surface area contributed by atoms with Crippen molar-refractivity contribution < 1.29 is 27.1 Å². The van der Waals surface area contributed by atoms with E-state index in [0.29, 0.717) is 0 Å². The van der Waals surface area contributed by atoms with Gasteiger partial charge < -0.3 is 10.1 Å². The first kappa shape index (κ1) is 19.6. The van der Waals surface area contributed by atoms with Crippen LogP contribution in [-0.4, -0.2) is 10.9 Å². The zero-order valence-corrected chi connectivity index (χ0v) is 14.7. The van der Waals surface area contributed by atoms with Crippen molar-refractivity contribution in [3.63, 3.8) is 0 Å². The van der Waals surface area contributed by atoms with Crippen LogP contribution < -0.4 is 10.1 Å². The van der Waals surface area contributed by atoms with E-state index < -0.39 is 23.5 Å². The van der Waals surface area contributed by atoms with Crippen molar-refractivity contribution in [3.8, 4) is 11.6 Å². The highest BCUT2D eigenvalue weighted by Crippen LogP contribution is 2.32. The molecule has 2 aromatic carbocycles. The number of halogens is 5. The third-order valence-electron chi connectivity index (χ3n) is 3.52. The van der Waals surface area contributed by atoms with E-state index in [1.54, 1.807) is 0 Å². The first-order valence-corrected chi connectivity index (χ1v) is 8.19. The minimum atomic E-state index is -4.52. The number of amides is 1. The van der Waals surface area contributed by atoms with E-state index in [-0.39, 0.29) is 28.0 Å². The van der Waals surface area contributed by atoms with Crippen LogP contribution in [0.3, 0.4) is 0 Å². The number of nitrogens with one attached hydrogen (secondary N) is 1. The average molecular weight is 411 g/mol. The van der Waals surface area contributed by atoms with E-state index in [4.69, 9.17) is 16.3 Å². The van der Waals surface area contributed by atoms with Crippen LogP contribution in [0.15, 0.2) is 60.7 Å². The van der Waals surface area contributed by atoms with Crippen molar-refractivity contribution in [2.75, 3.05) is 5.32 Å². The lowest BCUT2D eigenvalue weighted by Gasteiger charge is -2.10. The van der Waals surface area contributed by atoms with Gasteiger partial charge in [0.2, 0.25) is 5.88 Å². The largest absolute Gasteiger partial charge is 0.439 e. The first-order chi connectivity index (χ1) is 13.2. The Bertz CT molecular complexity index is 1020. The second-order valence-corrected chi connectivity index (χ2v) is 6.00. The van der Waals surface area contributed by atoms with Gasteiger partial charge in [-0.2, -0.15) is 13.2 Å². The third kappa shape index (κ3) is 4.77. The van der Waals surface area contributed by atoms with Crippen LogP contribution in [0, 0.1) is 5.82 Å². The SMILES string of the molecule is O=C(Nc1ccc(Cl)cc1F)c1cccc(Oc2cccc(C(F)(F)F)c2)n1. The number of hydrogen-bond acceptors (Lipinski definition) is 3. The van der Waals surface area contributed by atoms with Gasteiger partial charge in [-0.3, -0.25) is 4.79 Å². The number of alkyl halides is 3. The molecule has 0 atom stereocenters. The number of hydrogen-bond donors (Lipinski definition) is 1. The van der Waals surface area contributed by atoms with Crippen LogP contribution in [0.5, 0.6) is 11.6 Å². The number of benzene rings is 2. The number of carbonyl (C=O) groups excluding carboxylic acids is 1. The molecule has 9 heteroatoms. The lowest BCUT2D eigenvalue weighted by molar-refractivity contribution is -0.137. The summed E-state index contributed by atoms with van der Waals surface area (Å²) in [6.07, 6.45) is -4.52. The number of pyridine rings is 1. The Hall–Kier alpha value is -3.13. The first-order valence-electron chi connectivity index (χ1n) is 7.81. The third-order valence-corrected chi connectivity index (χ3v) is 3.75. The molecule has 0 aliphatic carbocycles. The van der Waals surface area contributed by atoms with E-state index in [1.165, 1.54) is 42.5 Å². The Balaban J connectivity index is 1.78. The molecule has 28 heavy (non-hydrogen) atoms. The van der Waals surface area contributed by atoms with E-state index in [9.17, 15) is 22.4 Å². The van der Waals surface area contributed by atoms with Crippen molar-refractivity contribution in [2.24, 2.45) is 0 Å². The summed E-state index contributed by atoms with van der Waals surface area (Å²) in [5, 5.41) is 2.51. The van der Waals surface area contributed by atoms with Crippen molar-refractivity contribution in [1.29, 1.82) is 0 Å². The summed E-state index contributed by atoms with van der Waals surface area (Å²) in [5.74, 6) is -1.64. The van der Waals surface area contributed by atoms with Gasteiger partial charge in [-0.15, -0.1) is 0 Å². The monoisotopic (exact) mass is 410 g/mol. The van der Waals surface area contributed by atoms with Crippen LogP contribution in [0.1, 0.15) is 16.1 Å². The zero-order chi connectivity index (χ0) is 20.3. The van der Waals surface area contributed by atoms with Crippen molar-refractivity contribution >= 4 is 23.2 Å². The Morgan fingerprint density at radius 3 is 2.50 bits per heavy atom. The smallest absolute Gasteiger partial charge is 0.416 e. The van der Waals surface area contributed by atoms with E-state index in [2.05, 4.69) is 10.3 Å². The van der Waals surface area contributed by atoms with Gasteiger partial charge in [-0.05, 0) is 42.5 Å². The summed E-state index contributed by atoms with van der Waals surface area (Å²) in [4.78, 5) is 16.2. The lowest BCUT2D eigenvalue weighted by Crippen LogP contribution is -2.14. The summed E-state index contributed by atoms with van der Waals surface area (Å²) in [7, 11) is 0. The Morgan fingerprint density at radius 2 is 1.79 bits per heavy atom. The number of carbonyl (C=O) groups is 1. The molecule has 1 amide bonds. The van der Waals surface area contributed by atoms with Crippen LogP contribution in [0.2, 0.25) is 5.02 Å². The lowest BCUT2D eigenvalue weighted by atomic mass is 10.2. The maximum absolute atomic E-state index is 13.8. The van der Waals surface area contributed by atoms with Crippen molar-refractivity contribution in [1.82, 2.24) is 4.98 Å². The molecule has 0 unspecified atom stereocenters. The molecule has 0 aliphatic heterocycles. The number of anilines is 1. The normalized spacial score (nSPS) is 11.2. The van der Waals surface area contributed by atoms with Crippen molar-refractivity contribution in [3.05, 3.63) is 82.8 Å². The molecule has 0 radical (unpaired) electrons. The fourth-order valence-electron chi connectivity index (χ4n) is 2.23. The molecular weight excluding hydrogens is 400 g/mol. The highest BCUT2D eigenvalue weighted by molar-refractivity contribution is 6.30. The molecule has 0 saturated carbocycles. The molecule has 1 aromatic heterocycles. The van der Waals surface area contributed by atoms with E-state index in [1.807, 2.05) is 0 Å². The summed E-state index contributed by atoms with van der Waals surface area (Å²) in [5.41, 5.74) is -1.09. The molecule has 0 fully saturated rings. The van der Waals surface area contributed by atoms with Gasteiger partial charge in [-0.25, -0.2) is 9.37 Å². The Kier molecular flexibility index (Phi) is 5.51. The van der Waals surface area contributed by atoms with Gasteiger partial charge >= 0.3 is 6.18 Å². The van der Waals surface area contributed by atoms with E-state index >= 15 is 0 Å². The number of rotatable bonds is 4. The maximum Gasteiger partial charge on any atom is 0.416 e. The summed E-state index contributed by atoms with van der Waals surface area (Å²) < 4.78 is 57.4. The molecule has 0 saturated heterocycles. The minimum Gasteiger partial charge on any atom is -0.439 e. The highest BCUT2D eigenvalue weighted by Gasteiger charge is 2.30. The van der Waals surface area contributed by atoms with E-state index in [0.717, 1.165) is 18.2 Å². The zero-order valence-electron chi connectivity index (χ0n) is 13.9. The maximum atomic E-state index is 13.8. The minimum absolute atomic E-state index is 0.0939. The van der Waals surface area contributed by atoms with Gasteiger partial charge in [0.05, 0.1) is 11.3 Å². The molecule has 1 heterocycles. The second-order valence-electron chi connectivity index (χ2n) is 5.57. The quantitative estimate of drug-likeness (QED) is 0.542. The second kappa shape index (κ2) is 7.85. The number of nitrogens with zero attached hydrogens (tertiary/aromatic N) is 1. The molecule has 0 bridgehead atoms. The number of ether oxygens (including phenoxy) is 1. The van der Waals surface area contributed by atoms with Gasteiger partial charge in [0, 0.05) is 11.1 Å². The van der Waals surface area contributed by atoms with Crippen LogP contribution in [0.25, 0.3) is 0 Å². The summed E-state index contributed by atoms with van der Waals surface area (Å²) in [6.45, 7) is 0. The predicted octanol–water partition coefficient (Wildman–Crippen LogP) is 5.94. The van der Waals surface area contributed by atoms with Gasteiger partial charge in [0.1, 0.15) is 17.3 Å². The van der Waals surface area contributed by atoms with Crippen LogP contribution >= 0.6 is 11.6 Å². The van der Waals surface area contributed by atoms with Gasteiger partial charge in [-0.1, -0.05) is 23.7 Å². The fourth-order valence-corrected chi connectivity index (χ4v) is 2.39. The molecule has 0 spiro atoms. The molecule has 4 nitrogen and oxygen atoms in total. The predicted molar refractivity (Wildman–Crippen MR) is 95.1 cm³/mol. The average Bonchev–Trinajstić information content (AvgIpc) is 2.64.